The van der Waals surface area contributed by atoms with E-state index in [0.29, 0.717) is 51.7 Å². The predicted molar refractivity (Wildman–Crippen MR) is 136 cm³/mol. The van der Waals surface area contributed by atoms with Gasteiger partial charge in [-0.1, -0.05) is 50.6 Å². The van der Waals surface area contributed by atoms with E-state index in [1.54, 1.807) is 4.90 Å². The van der Waals surface area contributed by atoms with E-state index in [1.165, 1.54) is 0 Å². The van der Waals surface area contributed by atoms with E-state index in [9.17, 15) is 14.4 Å². The van der Waals surface area contributed by atoms with Crippen LogP contribution >= 0.6 is 0 Å². The molecule has 3 heterocycles. The lowest BCUT2D eigenvalue weighted by atomic mass is 9.65. The van der Waals surface area contributed by atoms with Crippen LogP contribution in [0.2, 0.25) is 0 Å². The maximum Gasteiger partial charge on any atom is 0.245 e. The molecule has 8 nitrogen and oxygen atoms in total. The Balaban J connectivity index is 1.61. The predicted octanol–water partition coefficient (Wildman–Crippen LogP) is 2.54. The van der Waals surface area contributed by atoms with Crippen LogP contribution in [0.25, 0.3) is 0 Å². The first-order valence-electron chi connectivity index (χ1n) is 13.6. The summed E-state index contributed by atoms with van der Waals surface area (Å²) in [7, 11) is 0. The van der Waals surface area contributed by atoms with Gasteiger partial charge in [0.25, 0.3) is 0 Å². The number of hydrogen-bond donors (Lipinski definition) is 3. The molecular weight excluding hydrogens is 458 g/mol. The number of likely N-dealkylation sites (tertiary alicyclic amines) is 1. The average Bonchev–Trinajstić information content (AvgIpc) is 3.49. The number of rotatable bonds is 13. The Morgan fingerprint density at radius 1 is 1.06 bits per heavy atom. The van der Waals surface area contributed by atoms with Gasteiger partial charge < -0.3 is 25.4 Å². The van der Waals surface area contributed by atoms with Crippen LogP contribution in [-0.4, -0.2) is 64.7 Å². The molecule has 0 radical (unpaired) electrons. The number of unbranched alkanes of at least 4 members (excludes halogenated alkanes) is 3. The first-order chi connectivity index (χ1) is 17.4. The number of amides is 3. The Morgan fingerprint density at radius 3 is 2.53 bits per heavy atom. The fraction of sp³-hybridized carbons (Fsp3) is 0.679. The topological polar surface area (TPSA) is 108 Å². The third-order valence-corrected chi connectivity index (χ3v) is 8.41. The maximum atomic E-state index is 14.0. The molecule has 0 aliphatic carbocycles. The molecule has 36 heavy (non-hydrogen) atoms. The number of fused-ring (bicyclic) bond motifs is 1. The molecule has 0 saturated carbocycles. The van der Waals surface area contributed by atoms with Gasteiger partial charge in [-0.15, -0.1) is 0 Å². The number of benzene rings is 1. The molecule has 2 bridgehead atoms. The average molecular weight is 500 g/mol. The molecule has 1 aromatic rings. The Morgan fingerprint density at radius 2 is 1.83 bits per heavy atom. The zero-order valence-electron chi connectivity index (χ0n) is 21.6. The van der Waals surface area contributed by atoms with Crippen molar-refractivity contribution in [2.45, 2.75) is 89.0 Å². The highest BCUT2D eigenvalue weighted by Gasteiger charge is 2.78. The highest BCUT2D eigenvalue weighted by molar-refractivity contribution is 5.99. The molecule has 1 spiro atoms. The largest absolute Gasteiger partial charge is 0.396 e. The van der Waals surface area contributed by atoms with Crippen molar-refractivity contribution >= 4 is 17.7 Å². The lowest BCUT2D eigenvalue weighted by molar-refractivity contribution is -0.147. The van der Waals surface area contributed by atoms with Crippen molar-refractivity contribution in [2.24, 2.45) is 11.8 Å². The molecule has 5 atom stereocenters. The number of ether oxygens (including phenoxy) is 1. The standard InChI is InChI=1S/C28H41N3O5/c1-3-5-16-29-25(34)23-28-15-14-27(4-2,36-28)21(24(33)30-19-20-12-8-6-9-13-20)22(28)26(35)31(23)17-10-7-11-18-32/h6,8-9,12-13,21-23,32H,3-5,7,10-11,14-19H2,1-2H3,(H,29,34)(H,30,33)/t21-,22-,23?,27+,28?/m0/s1. The molecule has 3 amide bonds. The van der Waals surface area contributed by atoms with Crippen LogP contribution in [0.3, 0.4) is 0 Å². The first kappa shape index (κ1) is 26.6. The minimum atomic E-state index is -0.977. The molecule has 1 aromatic carbocycles. The van der Waals surface area contributed by atoms with Gasteiger partial charge in [-0.25, -0.2) is 0 Å². The Labute approximate surface area is 214 Å². The van der Waals surface area contributed by atoms with E-state index in [-0.39, 0.29) is 24.3 Å². The zero-order chi connectivity index (χ0) is 25.8. The van der Waals surface area contributed by atoms with Crippen molar-refractivity contribution in [3.63, 3.8) is 0 Å². The van der Waals surface area contributed by atoms with E-state index in [0.717, 1.165) is 24.8 Å². The van der Waals surface area contributed by atoms with E-state index in [2.05, 4.69) is 17.6 Å². The summed E-state index contributed by atoms with van der Waals surface area (Å²) in [6, 6.07) is 8.98. The molecule has 8 heteroatoms. The number of carbonyl (C=O) groups excluding carboxylic acids is 3. The second-order valence-corrected chi connectivity index (χ2v) is 10.5. The molecular formula is C28H41N3O5. The van der Waals surface area contributed by atoms with Gasteiger partial charge in [0.05, 0.1) is 17.4 Å². The van der Waals surface area contributed by atoms with Crippen LogP contribution in [0.4, 0.5) is 0 Å². The molecule has 3 saturated heterocycles. The molecule has 3 aliphatic rings. The van der Waals surface area contributed by atoms with Crippen LogP contribution in [0.5, 0.6) is 0 Å². The number of nitrogens with one attached hydrogen (secondary N) is 2. The normalized spacial score (nSPS) is 30.5. The van der Waals surface area contributed by atoms with E-state index in [1.807, 2.05) is 37.3 Å². The van der Waals surface area contributed by atoms with Crippen molar-refractivity contribution in [1.82, 2.24) is 15.5 Å². The van der Waals surface area contributed by atoms with Gasteiger partial charge in [0.2, 0.25) is 17.7 Å². The summed E-state index contributed by atoms with van der Waals surface area (Å²) >= 11 is 0. The van der Waals surface area contributed by atoms with Gasteiger partial charge in [0.15, 0.2) is 0 Å². The van der Waals surface area contributed by atoms with Gasteiger partial charge in [-0.2, -0.15) is 0 Å². The lowest BCUT2D eigenvalue weighted by Crippen LogP contribution is -2.55. The highest BCUT2D eigenvalue weighted by Crippen LogP contribution is 2.64. The molecule has 3 aliphatic heterocycles. The number of nitrogens with zero attached hydrogens (tertiary/aromatic N) is 1. The van der Waals surface area contributed by atoms with E-state index >= 15 is 0 Å². The highest BCUT2D eigenvalue weighted by atomic mass is 16.5. The second-order valence-electron chi connectivity index (χ2n) is 10.5. The smallest absolute Gasteiger partial charge is 0.245 e. The summed E-state index contributed by atoms with van der Waals surface area (Å²) in [5, 5.41) is 15.3. The van der Waals surface area contributed by atoms with Crippen molar-refractivity contribution in [2.75, 3.05) is 19.7 Å². The molecule has 3 fully saturated rings. The number of hydrogen-bond acceptors (Lipinski definition) is 5. The summed E-state index contributed by atoms with van der Waals surface area (Å²) < 4.78 is 6.75. The number of aliphatic hydroxyl groups excluding tert-OH is 1. The molecule has 0 aromatic heterocycles. The van der Waals surface area contributed by atoms with Crippen LogP contribution in [0.1, 0.15) is 70.8 Å². The van der Waals surface area contributed by atoms with E-state index in [4.69, 9.17) is 9.84 Å². The fourth-order valence-corrected chi connectivity index (χ4v) is 6.61. The Kier molecular flexibility index (Phi) is 8.35. The third-order valence-electron chi connectivity index (χ3n) is 8.41. The number of aliphatic hydroxyl groups is 1. The van der Waals surface area contributed by atoms with Crippen molar-refractivity contribution < 1.29 is 24.2 Å². The molecule has 4 rings (SSSR count). The minimum Gasteiger partial charge on any atom is -0.396 e. The quantitative estimate of drug-likeness (QED) is 0.362. The third kappa shape index (κ3) is 4.65. The van der Waals surface area contributed by atoms with Gasteiger partial charge in [-0.3, -0.25) is 14.4 Å². The SMILES string of the molecule is CCCCNC(=O)C1N(CCCCCO)C(=O)[C@@H]2[C@@H](C(=O)NCc3ccccc3)[C@@]3(CC)CCC12O3. The minimum absolute atomic E-state index is 0.104. The van der Waals surface area contributed by atoms with Crippen molar-refractivity contribution in [3.8, 4) is 0 Å². The van der Waals surface area contributed by atoms with Crippen molar-refractivity contribution in [3.05, 3.63) is 35.9 Å². The fourth-order valence-electron chi connectivity index (χ4n) is 6.61. The Hall–Kier alpha value is -2.45. The van der Waals surface area contributed by atoms with Gasteiger partial charge >= 0.3 is 0 Å². The zero-order valence-corrected chi connectivity index (χ0v) is 21.6. The van der Waals surface area contributed by atoms with E-state index < -0.39 is 29.1 Å². The maximum absolute atomic E-state index is 14.0. The Bertz CT molecular complexity index is 940. The number of carbonyl (C=O) groups is 3. The van der Waals surface area contributed by atoms with Crippen LogP contribution < -0.4 is 10.6 Å². The van der Waals surface area contributed by atoms with Crippen LogP contribution in [-0.2, 0) is 25.7 Å². The summed E-state index contributed by atoms with van der Waals surface area (Å²) in [4.78, 5) is 42.8. The summed E-state index contributed by atoms with van der Waals surface area (Å²) in [5.41, 5.74) is -0.715. The van der Waals surface area contributed by atoms with Gasteiger partial charge in [0, 0.05) is 26.2 Å². The van der Waals surface area contributed by atoms with Gasteiger partial charge in [-0.05, 0) is 50.5 Å². The monoisotopic (exact) mass is 499 g/mol. The molecule has 3 N–H and O–H groups in total. The molecule has 198 valence electrons. The first-order valence-corrected chi connectivity index (χ1v) is 13.6. The van der Waals surface area contributed by atoms with Crippen LogP contribution in [0.15, 0.2) is 30.3 Å². The summed E-state index contributed by atoms with van der Waals surface area (Å²) in [6.45, 7) is 5.54. The molecule has 2 unspecified atom stereocenters. The van der Waals surface area contributed by atoms with Crippen molar-refractivity contribution in [1.29, 1.82) is 0 Å². The summed E-state index contributed by atoms with van der Waals surface area (Å²) in [5.74, 6) is -1.79. The summed E-state index contributed by atoms with van der Waals surface area (Å²) in [6.07, 6.45) is 5.81. The second kappa shape index (κ2) is 11.3. The van der Waals surface area contributed by atoms with Gasteiger partial charge in [0.1, 0.15) is 11.6 Å². The lowest BCUT2D eigenvalue weighted by Gasteiger charge is -2.34. The van der Waals surface area contributed by atoms with Crippen LogP contribution in [0, 0.1) is 11.8 Å².